The first-order chi connectivity index (χ1) is 18.6. The zero-order valence-electron chi connectivity index (χ0n) is 21.8. The summed E-state index contributed by atoms with van der Waals surface area (Å²) in [5.41, 5.74) is 1.08. The third-order valence-corrected chi connectivity index (χ3v) is 6.11. The first-order valence-corrected chi connectivity index (χ1v) is 12.7. The van der Waals surface area contributed by atoms with E-state index in [0.29, 0.717) is 28.7 Å². The molecule has 0 unspecified atom stereocenters. The minimum Gasteiger partial charge on any atom is -0.442 e. The number of hydrogen-bond acceptors (Lipinski definition) is 9. The Bertz CT molecular complexity index is 1580. The molecule has 39 heavy (non-hydrogen) atoms. The second-order valence-corrected chi connectivity index (χ2v) is 10.3. The first kappa shape index (κ1) is 26.2. The molecule has 3 heterocycles. The van der Waals surface area contributed by atoms with Crippen molar-refractivity contribution >= 4 is 22.9 Å². The largest absolute Gasteiger partial charge is 0.442 e. The zero-order chi connectivity index (χ0) is 27.6. The lowest BCUT2D eigenvalue weighted by atomic mass is 9.93. The number of anilines is 1. The second-order valence-electron chi connectivity index (χ2n) is 10.3. The van der Waals surface area contributed by atoms with Crippen molar-refractivity contribution in [2.24, 2.45) is 0 Å². The van der Waals surface area contributed by atoms with Crippen LogP contribution in [0, 0.1) is 17.8 Å². The average molecular weight is 530 g/mol. The van der Waals surface area contributed by atoms with E-state index < -0.39 is 17.6 Å². The fourth-order valence-electron chi connectivity index (χ4n) is 4.25. The monoisotopic (exact) mass is 529 g/mol. The summed E-state index contributed by atoms with van der Waals surface area (Å²) in [6, 6.07) is 8.38. The summed E-state index contributed by atoms with van der Waals surface area (Å²) in [5.74, 6) is 6.04. The van der Waals surface area contributed by atoms with Gasteiger partial charge < -0.3 is 15.2 Å². The normalized spacial score (nSPS) is 17.4. The van der Waals surface area contributed by atoms with Crippen LogP contribution in [-0.2, 0) is 4.74 Å². The van der Waals surface area contributed by atoms with E-state index in [-0.39, 0.29) is 23.0 Å². The number of aromatic nitrogens is 6. The van der Waals surface area contributed by atoms with Crippen molar-refractivity contribution in [3.8, 4) is 23.4 Å². The number of halogens is 1. The summed E-state index contributed by atoms with van der Waals surface area (Å²) in [7, 11) is 0. The molecular weight excluding hydrogens is 501 g/mol. The van der Waals surface area contributed by atoms with Gasteiger partial charge in [0.1, 0.15) is 17.0 Å². The van der Waals surface area contributed by atoms with Crippen LogP contribution in [0.4, 0.5) is 15.1 Å². The summed E-state index contributed by atoms with van der Waals surface area (Å²) >= 11 is 0. The topological polar surface area (TPSA) is 128 Å². The molecule has 0 spiro atoms. The smallest absolute Gasteiger partial charge is 0.435 e. The molecule has 4 aromatic rings. The average Bonchev–Trinajstić information content (AvgIpc) is 3.24. The zero-order valence-corrected chi connectivity index (χ0v) is 21.8. The predicted octanol–water partition coefficient (Wildman–Crippen LogP) is 4.32. The van der Waals surface area contributed by atoms with Gasteiger partial charge in [-0.15, -0.1) is 5.10 Å². The fraction of sp³-hybridized carbons (Fsp3) is 0.357. The molecule has 0 saturated heterocycles. The molecule has 0 bridgehead atoms. The molecule has 0 radical (unpaired) electrons. The summed E-state index contributed by atoms with van der Waals surface area (Å²) in [6.07, 6.45) is 5.47. The molecule has 2 N–H and O–H groups in total. The number of hydrogen-bond donors (Lipinski definition) is 2. The molecule has 200 valence electrons. The Hall–Kier alpha value is -4.43. The molecule has 3 aromatic heterocycles. The number of carbonyl (C=O) groups excluding carboxylic acids is 1. The number of benzene rings is 1. The molecular formula is C28H28FN7O3. The van der Waals surface area contributed by atoms with E-state index in [1.807, 2.05) is 0 Å². The molecule has 1 aliphatic carbocycles. The molecule has 0 amide bonds. The van der Waals surface area contributed by atoms with Gasteiger partial charge in [-0.05, 0) is 82.7 Å². The molecule has 0 atom stereocenters. The van der Waals surface area contributed by atoms with Gasteiger partial charge in [-0.25, -0.2) is 24.7 Å². The summed E-state index contributed by atoms with van der Waals surface area (Å²) in [5, 5.41) is 16.9. The van der Waals surface area contributed by atoms with E-state index in [1.165, 1.54) is 6.07 Å². The van der Waals surface area contributed by atoms with Crippen molar-refractivity contribution in [1.82, 2.24) is 29.7 Å². The van der Waals surface area contributed by atoms with Gasteiger partial charge in [-0.2, -0.15) is 9.07 Å². The molecule has 1 saturated carbocycles. The second kappa shape index (κ2) is 10.7. The van der Waals surface area contributed by atoms with Gasteiger partial charge >= 0.3 is 6.09 Å². The maximum Gasteiger partial charge on any atom is 0.435 e. The van der Waals surface area contributed by atoms with Crippen LogP contribution in [0.25, 0.3) is 22.4 Å². The Morgan fingerprint density at radius 1 is 1.08 bits per heavy atom. The number of aliphatic hydroxyl groups is 1. The van der Waals surface area contributed by atoms with Crippen LogP contribution in [0.5, 0.6) is 0 Å². The van der Waals surface area contributed by atoms with Gasteiger partial charge in [0.2, 0.25) is 11.9 Å². The lowest BCUT2D eigenvalue weighted by Crippen LogP contribution is -2.28. The molecule has 1 aliphatic rings. The molecule has 1 fully saturated rings. The molecule has 1 aromatic carbocycles. The lowest BCUT2D eigenvalue weighted by molar-refractivity contribution is 0.0519. The Labute approximate surface area is 224 Å². The number of aliphatic hydroxyl groups excluding tert-OH is 1. The Morgan fingerprint density at radius 2 is 1.85 bits per heavy atom. The van der Waals surface area contributed by atoms with E-state index >= 15 is 0 Å². The minimum atomic E-state index is -0.790. The van der Waals surface area contributed by atoms with Crippen LogP contribution >= 0.6 is 0 Å². The Morgan fingerprint density at radius 3 is 2.62 bits per heavy atom. The number of nitrogens with one attached hydrogen (secondary N) is 1. The van der Waals surface area contributed by atoms with E-state index in [4.69, 9.17) is 4.74 Å². The van der Waals surface area contributed by atoms with Gasteiger partial charge in [0.25, 0.3) is 0 Å². The van der Waals surface area contributed by atoms with Gasteiger partial charge in [-0.1, -0.05) is 5.92 Å². The van der Waals surface area contributed by atoms with Gasteiger partial charge in [0.05, 0.1) is 17.0 Å². The highest BCUT2D eigenvalue weighted by molar-refractivity contribution is 5.89. The number of carbonyl (C=O) groups is 1. The van der Waals surface area contributed by atoms with E-state index in [1.54, 1.807) is 57.4 Å². The van der Waals surface area contributed by atoms with E-state index in [2.05, 4.69) is 42.2 Å². The summed E-state index contributed by atoms with van der Waals surface area (Å²) in [6.45, 7) is 5.18. The number of rotatable bonds is 3. The summed E-state index contributed by atoms with van der Waals surface area (Å²) < 4.78 is 20.8. The highest BCUT2D eigenvalue weighted by Gasteiger charge is 2.22. The summed E-state index contributed by atoms with van der Waals surface area (Å²) in [4.78, 5) is 30.1. The van der Waals surface area contributed by atoms with Crippen molar-refractivity contribution in [2.75, 3.05) is 5.32 Å². The highest BCUT2D eigenvalue weighted by Crippen LogP contribution is 2.23. The highest BCUT2D eigenvalue weighted by atomic mass is 19.1. The van der Waals surface area contributed by atoms with Crippen LogP contribution in [0.15, 0.2) is 42.7 Å². The van der Waals surface area contributed by atoms with Crippen LogP contribution in [-0.4, -0.2) is 58.7 Å². The minimum absolute atomic E-state index is 0.157. The standard InChI is InChI=1S/C28H28FN7O3/c1-28(2,3)39-27(38)36-23-11-5-17(16-21(23)24(29)35-36)4-6-19-12-14-30-25(32-19)22-13-15-31-26(34-22)33-18-7-9-20(37)10-8-18/h5,11-16,18,20,37H,7-10H2,1-3H3,(H,31,33,34)/t18-,20+. The van der Waals surface area contributed by atoms with Crippen LogP contribution in [0.3, 0.4) is 0 Å². The van der Waals surface area contributed by atoms with Crippen LogP contribution in [0.1, 0.15) is 57.7 Å². The van der Waals surface area contributed by atoms with Crippen molar-refractivity contribution in [3.05, 3.63) is 59.9 Å². The number of ether oxygens (including phenoxy) is 1. The molecule has 10 nitrogen and oxygen atoms in total. The van der Waals surface area contributed by atoms with E-state index in [0.717, 1.165) is 30.4 Å². The van der Waals surface area contributed by atoms with Crippen molar-refractivity contribution in [3.63, 3.8) is 0 Å². The van der Waals surface area contributed by atoms with Crippen molar-refractivity contribution in [1.29, 1.82) is 0 Å². The maximum absolute atomic E-state index is 14.5. The van der Waals surface area contributed by atoms with Crippen LogP contribution in [0.2, 0.25) is 0 Å². The van der Waals surface area contributed by atoms with Gasteiger partial charge in [-0.3, -0.25) is 0 Å². The third-order valence-electron chi connectivity index (χ3n) is 6.11. The van der Waals surface area contributed by atoms with E-state index in [9.17, 15) is 14.3 Å². The SMILES string of the molecule is CC(C)(C)OC(=O)n1nc(F)c2cc(C#Cc3ccnc(-c4ccnc(N[C@H]5CC[C@@H](O)CC5)n4)n3)ccc21. The number of fused-ring (bicyclic) bond motifs is 1. The third kappa shape index (κ3) is 6.35. The predicted molar refractivity (Wildman–Crippen MR) is 142 cm³/mol. The molecule has 11 heteroatoms. The molecule has 0 aliphatic heterocycles. The lowest BCUT2D eigenvalue weighted by Gasteiger charge is -2.26. The van der Waals surface area contributed by atoms with Crippen molar-refractivity contribution in [2.45, 2.75) is 64.2 Å². The van der Waals surface area contributed by atoms with Crippen LogP contribution < -0.4 is 5.32 Å². The Kier molecular flexibility index (Phi) is 7.21. The Balaban J connectivity index is 1.34. The quantitative estimate of drug-likeness (QED) is 0.373. The maximum atomic E-state index is 14.5. The van der Waals surface area contributed by atoms with Crippen molar-refractivity contribution < 1.29 is 19.0 Å². The van der Waals surface area contributed by atoms with Gasteiger partial charge in [0.15, 0.2) is 5.82 Å². The molecule has 5 rings (SSSR count). The number of nitrogens with zero attached hydrogens (tertiary/aromatic N) is 6. The van der Waals surface area contributed by atoms with Gasteiger partial charge in [0, 0.05) is 24.0 Å². The first-order valence-electron chi connectivity index (χ1n) is 12.7. The fourth-order valence-corrected chi connectivity index (χ4v) is 4.25.